The van der Waals surface area contributed by atoms with Gasteiger partial charge < -0.3 is 18.9 Å². The zero-order chi connectivity index (χ0) is 54.9. The predicted octanol–water partition coefficient (Wildman–Crippen LogP) is 15.9. The van der Waals surface area contributed by atoms with E-state index in [1.54, 1.807) is 55.4 Å². The highest BCUT2D eigenvalue weighted by Crippen LogP contribution is 2.46. The first-order chi connectivity index (χ1) is 32.3. The third kappa shape index (κ3) is 14.5. The maximum Gasteiger partial charge on any atom is 0.327 e. The van der Waals surface area contributed by atoms with Crippen molar-refractivity contribution in [3.8, 4) is 23.0 Å². The Morgan fingerprint density at radius 3 is 0.514 bits per heavy atom. The largest absolute Gasteiger partial charge is 0.425 e. The molecule has 0 unspecified atom stereocenters. The Morgan fingerprint density at radius 1 is 0.292 bits per heavy atom. The number of ether oxygens (including phenoxy) is 4. The summed E-state index contributed by atoms with van der Waals surface area (Å²) in [6, 6.07) is 16.7. The molecule has 0 fully saturated rings. The molecule has 0 N–H and O–H groups in total. The summed E-state index contributed by atoms with van der Waals surface area (Å²) in [5.74, 6) is -0.558. The van der Waals surface area contributed by atoms with E-state index >= 15 is 0 Å². The van der Waals surface area contributed by atoms with Crippen molar-refractivity contribution < 1.29 is 38.1 Å². The van der Waals surface area contributed by atoms with Crippen molar-refractivity contribution >= 4 is 87.6 Å². The third-order valence-corrected chi connectivity index (χ3v) is 14.0. The van der Waals surface area contributed by atoms with Gasteiger partial charge in [-0.15, -0.1) is 0 Å². The smallest absolute Gasteiger partial charge is 0.327 e. The van der Waals surface area contributed by atoms with Gasteiger partial charge in [-0.1, -0.05) is 195 Å². The molecule has 0 spiro atoms. The van der Waals surface area contributed by atoms with Gasteiger partial charge in [0.1, 0.15) is 40.3 Å². The summed E-state index contributed by atoms with van der Waals surface area (Å²) < 4.78 is 22.3. The fourth-order valence-electron chi connectivity index (χ4n) is 8.00. The van der Waals surface area contributed by atoms with Crippen LogP contribution in [-0.2, 0) is 66.5 Å². The Bertz CT molecular complexity index is 2310. The number of fused-ring (bicyclic) bond motifs is 8. The summed E-state index contributed by atoms with van der Waals surface area (Å²) in [5, 5.41) is 0. The summed E-state index contributed by atoms with van der Waals surface area (Å²) in [4.78, 5) is 57.2. The highest BCUT2D eigenvalue weighted by atomic mass is 79.9. The lowest BCUT2D eigenvalue weighted by Gasteiger charge is -2.30. The second-order valence-electron chi connectivity index (χ2n) is 25.6. The van der Waals surface area contributed by atoms with Crippen molar-refractivity contribution in [2.45, 2.75) is 203 Å². The Labute approximate surface area is 463 Å². The molecule has 72 heavy (non-hydrogen) atoms. The van der Waals surface area contributed by atoms with Crippen LogP contribution >= 0.6 is 63.7 Å². The minimum Gasteiger partial charge on any atom is -0.425 e. The number of benzene rings is 4. The van der Waals surface area contributed by atoms with Gasteiger partial charge in [-0.3, -0.25) is 19.2 Å². The first-order valence-electron chi connectivity index (χ1n) is 24.7. The van der Waals surface area contributed by atoms with Gasteiger partial charge in [-0.2, -0.15) is 0 Å². The first-order valence-corrected chi connectivity index (χ1v) is 27.8. The van der Waals surface area contributed by atoms with Gasteiger partial charge in [0.15, 0.2) is 0 Å². The van der Waals surface area contributed by atoms with Gasteiger partial charge >= 0.3 is 23.9 Å². The second kappa shape index (κ2) is 20.7. The van der Waals surface area contributed by atoms with Gasteiger partial charge in [0, 0.05) is 70.2 Å². The standard InChI is InChI=1S/C60H76Br4O8/c1-53(2,3)41-25-33-21-35-27-42(54(4,5)6)29-37(46(35)70-50(66)58(15,16)62)23-39-31-44(56(10,11)12)32-40(48(39)72-52(68)60(19,20)64)24-38-30-43(55(7,8)9)28-36(47(38)71-51(67)59(17,18)63)22-34(26-41)45(33)69-49(65)57(13,14)61/h25-32H,21-24H2,1-20H3. The highest BCUT2D eigenvalue weighted by molar-refractivity contribution is 9.10. The maximum absolute atomic E-state index is 14.3. The predicted molar refractivity (Wildman–Crippen MR) is 306 cm³/mol. The average Bonchev–Trinajstić information content (AvgIpc) is 3.18. The lowest BCUT2D eigenvalue weighted by Crippen LogP contribution is -2.31. The fraction of sp³-hybridized carbons (Fsp3) is 0.533. The van der Waals surface area contributed by atoms with Crippen molar-refractivity contribution in [2.24, 2.45) is 0 Å². The zero-order valence-corrected chi connectivity index (χ0v) is 52.6. The van der Waals surface area contributed by atoms with Crippen LogP contribution in [0, 0.1) is 0 Å². The van der Waals surface area contributed by atoms with Crippen molar-refractivity contribution in [1.29, 1.82) is 0 Å². The first kappa shape index (κ1) is 59.6. The van der Waals surface area contributed by atoms with E-state index in [0.717, 1.165) is 22.3 Å². The highest BCUT2D eigenvalue weighted by Gasteiger charge is 2.36. The molecule has 8 bridgehead atoms. The number of halogens is 4. The van der Waals surface area contributed by atoms with Crippen LogP contribution in [0.1, 0.15) is 205 Å². The van der Waals surface area contributed by atoms with E-state index in [4.69, 9.17) is 18.9 Å². The molecular weight excluding hydrogens is 1170 g/mol. The zero-order valence-electron chi connectivity index (χ0n) is 46.2. The normalized spacial score (nSPS) is 14.1. The van der Waals surface area contributed by atoms with Crippen LogP contribution in [0.25, 0.3) is 0 Å². The lowest BCUT2D eigenvalue weighted by molar-refractivity contribution is -0.136. The average molecular weight is 1240 g/mol. The SMILES string of the molecule is CC(C)(Br)C(=O)Oc1c2cc(C(C)(C)C)cc1Cc1cc(C(C)(C)C)cc(c1OC(=O)C(C)(C)Br)Cc1cc(C(C)(C)C)cc(c1OC(=O)C(C)(C)Br)Cc1cc(C(C)(C)C)cc(c1OC(=O)C(C)(C)Br)C2. The van der Waals surface area contributed by atoms with E-state index in [1.165, 1.54) is 0 Å². The molecule has 0 saturated carbocycles. The molecule has 0 aliphatic heterocycles. The van der Waals surface area contributed by atoms with Crippen molar-refractivity contribution in [1.82, 2.24) is 0 Å². The quantitative estimate of drug-likeness (QED) is 0.0859. The summed E-state index contributed by atoms with van der Waals surface area (Å²) in [5.41, 5.74) is 7.97. The molecule has 392 valence electrons. The van der Waals surface area contributed by atoms with E-state index in [9.17, 15) is 19.2 Å². The Hall–Kier alpha value is -3.32. The van der Waals surface area contributed by atoms with E-state index in [0.29, 0.717) is 67.5 Å². The number of carbonyl (C=O) groups excluding carboxylic acids is 4. The molecule has 4 aromatic rings. The molecule has 12 heteroatoms. The minimum atomic E-state index is -1.06. The van der Waals surface area contributed by atoms with Crippen LogP contribution in [0.2, 0.25) is 0 Å². The number of esters is 4. The summed E-state index contributed by atoms with van der Waals surface area (Å²) in [7, 11) is 0. The van der Waals surface area contributed by atoms with Gasteiger partial charge in [0.05, 0.1) is 0 Å². The Morgan fingerprint density at radius 2 is 0.417 bits per heavy atom. The molecule has 4 aromatic carbocycles. The Kier molecular flexibility index (Phi) is 17.1. The molecule has 1 aliphatic carbocycles. The molecular formula is C60H76Br4O8. The molecule has 5 rings (SSSR count). The summed E-state index contributed by atoms with van der Waals surface area (Å²) in [6.45, 7) is 39.7. The monoisotopic (exact) mass is 1240 g/mol. The number of alkyl halides is 4. The van der Waals surface area contributed by atoms with Crippen molar-refractivity contribution in [3.05, 3.63) is 115 Å². The number of hydrogen-bond acceptors (Lipinski definition) is 8. The molecule has 8 nitrogen and oxygen atoms in total. The van der Waals surface area contributed by atoms with Crippen LogP contribution in [0.4, 0.5) is 0 Å². The molecule has 0 amide bonds. The van der Waals surface area contributed by atoms with Gasteiger partial charge in [0.2, 0.25) is 0 Å². The molecule has 0 heterocycles. The van der Waals surface area contributed by atoms with E-state index in [-0.39, 0.29) is 47.3 Å². The van der Waals surface area contributed by atoms with Crippen molar-refractivity contribution in [2.75, 3.05) is 0 Å². The summed E-state index contributed by atoms with van der Waals surface area (Å²) >= 11 is 14.3. The van der Waals surface area contributed by atoms with Gasteiger partial charge in [-0.25, -0.2) is 0 Å². The van der Waals surface area contributed by atoms with Gasteiger partial charge in [0.25, 0.3) is 0 Å². The van der Waals surface area contributed by atoms with Gasteiger partial charge in [-0.05, 0) is 99.3 Å². The second-order valence-corrected chi connectivity index (χ2v) is 33.6. The molecule has 0 saturated heterocycles. The molecule has 0 radical (unpaired) electrons. The van der Waals surface area contributed by atoms with Crippen LogP contribution in [0.3, 0.4) is 0 Å². The third-order valence-electron chi connectivity index (χ3n) is 12.7. The van der Waals surface area contributed by atoms with Crippen LogP contribution in [0.5, 0.6) is 23.0 Å². The Balaban J connectivity index is 2.15. The lowest BCUT2D eigenvalue weighted by atomic mass is 9.79. The molecule has 1 aliphatic rings. The fourth-order valence-corrected chi connectivity index (χ4v) is 8.33. The molecule has 0 aromatic heterocycles. The van der Waals surface area contributed by atoms with E-state index in [1.807, 2.05) is 0 Å². The number of hydrogen-bond donors (Lipinski definition) is 0. The van der Waals surface area contributed by atoms with E-state index in [2.05, 4.69) is 195 Å². The van der Waals surface area contributed by atoms with Crippen LogP contribution in [-0.4, -0.2) is 41.2 Å². The number of carbonyl (C=O) groups is 4. The van der Waals surface area contributed by atoms with Crippen LogP contribution in [0.15, 0.2) is 48.5 Å². The topological polar surface area (TPSA) is 105 Å². The number of rotatable bonds is 8. The minimum absolute atomic E-state index is 0.185. The summed E-state index contributed by atoms with van der Waals surface area (Å²) in [6.07, 6.45) is 0.739. The van der Waals surface area contributed by atoms with Crippen LogP contribution < -0.4 is 18.9 Å². The molecule has 0 atom stereocenters. The maximum atomic E-state index is 14.3. The van der Waals surface area contributed by atoms with E-state index < -0.39 is 41.2 Å². The van der Waals surface area contributed by atoms with Crippen molar-refractivity contribution in [3.63, 3.8) is 0 Å².